The molecule has 0 radical (unpaired) electrons. The lowest BCUT2D eigenvalue weighted by atomic mass is 10.0. The lowest BCUT2D eigenvalue weighted by molar-refractivity contribution is -0.104. The SMILES string of the molecule is COc1cccc(C(O)C2CN3CCCC3CO2)c1F. The van der Waals surface area contributed by atoms with Crippen LogP contribution >= 0.6 is 0 Å². The van der Waals surface area contributed by atoms with Crippen LogP contribution in [0.3, 0.4) is 0 Å². The van der Waals surface area contributed by atoms with Crippen LogP contribution in [0.25, 0.3) is 0 Å². The van der Waals surface area contributed by atoms with Gasteiger partial charge in [-0.3, -0.25) is 4.90 Å². The van der Waals surface area contributed by atoms with Gasteiger partial charge in [0.1, 0.15) is 12.2 Å². The lowest BCUT2D eigenvalue weighted by Crippen LogP contribution is -2.48. The van der Waals surface area contributed by atoms with Crippen LogP contribution in [-0.4, -0.2) is 49.0 Å². The molecule has 3 atom stereocenters. The Labute approximate surface area is 118 Å². The van der Waals surface area contributed by atoms with Gasteiger partial charge in [-0.15, -0.1) is 0 Å². The van der Waals surface area contributed by atoms with Gasteiger partial charge >= 0.3 is 0 Å². The summed E-state index contributed by atoms with van der Waals surface area (Å²) in [5.41, 5.74) is 0.243. The first-order valence-electron chi connectivity index (χ1n) is 7.07. The summed E-state index contributed by atoms with van der Waals surface area (Å²) in [5.74, 6) is -0.356. The van der Waals surface area contributed by atoms with Crippen LogP contribution in [-0.2, 0) is 4.74 Å². The van der Waals surface area contributed by atoms with Crippen molar-refractivity contribution in [2.75, 3.05) is 26.8 Å². The van der Waals surface area contributed by atoms with Crippen molar-refractivity contribution in [3.63, 3.8) is 0 Å². The lowest BCUT2D eigenvalue weighted by Gasteiger charge is -2.37. The Kier molecular flexibility index (Phi) is 3.92. The van der Waals surface area contributed by atoms with Gasteiger partial charge in [-0.1, -0.05) is 12.1 Å². The van der Waals surface area contributed by atoms with E-state index >= 15 is 0 Å². The number of benzene rings is 1. The average molecular weight is 281 g/mol. The summed E-state index contributed by atoms with van der Waals surface area (Å²) in [4.78, 5) is 2.33. The number of halogens is 1. The van der Waals surface area contributed by atoms with Crippen LogP contribution < -0.4 is 4.74 Å². The van der Waals surface area contributed by atoms with Crippen LogP contribution in [0.4, 0.5) is 4.39 Å². The van der Waals surface area contributed by atoms with Crippen molar-refractivity contribution in [2.24, 2.45) is 0 Å². The van der Waals surface area contributed by atoms with Crippen LogP contribution in [0.2, 0.25) is 0 Å². The van der Waals surface area contributed by atoms with Gasteiger partial charge in [0, 0.05) is 18.2 Å². The molecule has 110 valence electrons. The predicted molar refractivity (Wildman–Crippen MR) is 72.2 cm³/mol. The first-order chi connectivity index (χ1) is 9.70. The molecule has 20 heavy (non-hydrogen) atoms. The van der Waals surface area contributed by atoms with E-state index in [9.17, 15) is 9.50 Å². The number of methoxy groups -OCH3 is 1. The largest absolute Gasteiger partial charge is 0.494 e. The fourth-order valence-corrected chi connectivity index (χ4v) is 3.15. The zero-order valence-corrected chi connectivity index (χ0v) is 11.6. The third-order valence-electron chi connectivity index (χ3n) is 4.30. The maximum Gasteiger partial charge on any atom is 0.170 e. The molecule has 3 unspecified atom stereocenters. The number of aliphatic hydroxyl groups excluding tert-OH is 1. The Morgan fingerprint density at radius 3 is 3.15 bits per heavy atom. The minimum Gasteiger partial charge on any atom is -0.494 e. The Morgan fingerprint density at radius 1 is 1.50 bits per heavy atom. The predicted octanol–water partition coefficient (Wildman–Crippen LogP) is 1.73. The summed E-state index contributed by atoms with van der Waals surface area (Å²) in [6.07, 6.45) is 0.971. The minimum atomic E-state index is -0.966. The first-order valence-corrected chi connectivity index (χ1v) is 7.07. The summed E-state index contributed by atoms with van der Waals surface area (Å²) in [6.45, 7) is 2.31. The van der Waals surface area contributed by atoms with Crippen molar-refractivity contribution in [2.45, 2.75) is 31.1 Å². The van der Waals surface area contributed by atoms with E-state index in [4.69, 9.17) is 9.47 Å². The van der Waals surface area contributed by atoms with Gasteiger partial charge in [0.05, 0.1) is 13.7 Å². The van der Waals surface area contributed by atoms with Gasteiger partial charge in [-0.25, -0.2) is 4.39 Å². The van der Waals surface area contributed by atoms with Crippen LogP contribution in [0.1, 0.15) is 24.5 Å². The highest BCUT2D eigenvalue weighted by atomic mass is 19.1. The number of hydrogen-bond donors (Lipinski definition) is 1. The third-order valence-corrected chi connectivity index (χ3v) is 4.30. The number of morpholine rings is 1. The highest BCUT2D eigenvalue weighted by molar-refractivity contribution is 5.33. The molecular weight excluding hydrogens is 261 g/mol. The molecule has 5 heteroatoms. The van der Waals surface area contributed by atoms with E-state index in [1.54, 1.807) is 18.2 Å². The molecule has 0 aliphatic carbocycles. The van der Waals surface area contributed by atoms with Crippen LogP contribution in [0.15, 0.2) is 18.2 Å². The van der Waals surface area contributed by atoms with E-state index in [1.807, 2.05) is 0 Å². The molecule has 1 N–H and O–H groups in total. The van der Waals surface area contributed by atoms with Gasteiger partial charge in [0.25, 0.3) is 0 Å². The third kappa shape index (κ3) is 2.41. The molecule has 2 heterocycles. The van der Waals surface area contributed by atoms with Crippen LogP contribution in [0, 0.1) is 5.82 Å². The second kappa shape index (κ2) is 5.68. The number of fused-ring (bicyclic) bond motifs is 1. The number of ether oxygens (including phenoxy) is 2. The maximum atomic E-state index is 14.2. The van der Waals surface area contributed by atoms with E-state index in [0.717, 1.165) is 13.0 Å². The number of aliphatic hydroxyl groups is 1. The topological polar surface area (TPSA) is 41.9 Å². The summed E-state index contributed by atoms with van der Waals surface area (Å²) in [5, 5.41) is 10.4. The second-order valence-corrected chi connectivity index (χ2v) is 5.47. The standard InChI is InChI=1S/C15H20FNO3/c1-19-12-6-2-5-11(14(12)16)15(18)13-8-17-7-3-4-10(17)9-20-13/h2,5-6,10,13,15,18H,3-4,7-9H2,1H3. The van der Waals surface area contributed by atoms with E-state index in [2.05, 4.69) is 4.90 Å². The summed E-state index contributed by atoms with van der Waals surface area (Å²) >= 11 is 0. The molecule has 2 aliphatic heterocycles. The van der Waals surface area contributed by atoms with Gasteiger partial charge in [0.15, 0.2) is 11.6 Å². The fraction of sp³-hybridized carbons (Fsp3) is 0.600. The highest BCUT2D eigenvalue weighted by Gasteiger charge is 2.36. The van der Waals surface area contributed by atoms with Gasteiger partial charge in [0.2, 0.25) is 0 Å². The molecule has 2 aliphatic rings. The number of rotatable bonds is 3. The Morgan fingerprint density at radius 2 is 2.35 bits per heavy atom. The maximum absolute atomic E-state index is 14.2. The van der Waals surface area contributed by atoms with E-state index in [1.165, 1.54) is 13.5 Å². The molecular formula is C15H20FNO3. The van der Waals surface area contributed by atoms with Crippen molar-refractivity contribution in [1.82, 2.24) is 4.90 Å². The van der Waals surface area contributed by atoms with E-state index in [0.29, 0.717) is 19.2 Å². The molecule has 0 saturated carbocycles. The zero-order chi connectivity index (χ0) is 14.1. The Hall–Kier alpha value is -1.17. The monoisotopic (exact) mass is 281 g/mol. The average Bonchev–Trinajstić information content (AvgIpc) is 2.94. The normalized spacial score (nSPS) is 28.1. The molecule has 1 aromatic carbocycles. The minimum absolute atomic E-state index is 0.149. The number of hydrogen-bond acceptors (Lipinski definition) is 4. The van der Waals surface area contributed by atoms with Crippen LogP contribution in [0.5, 0.6) is 5.75 Å². The summed E-state index contributed by atoms with van der Waals surface area (Å²) in [7, 11) is 1.42. The fourth-order valence-electron chi connectivity index (χ4n) is 3.15. The van der Waals surface area contributed by atoms with Gasteiger partial charge in [-0.2, -0.15) is 0 Å². The molecule has 3 rings (SSSR count). The Balaban J connectivity index is 1.77. The van der Waals surface area contributed by atoms with Crippen molar-refractivity contribution in [3.05, 3.63) is 29.6 Å². The van der Waals surface area contributed by atoms with Crippen molar-refractivity contribution < 1.29 is 19.0 Å². The Bertz CT molecular complexity index is 482. The second-order valence-electron chi connectivity index (χ2n) is 5.47. The molecule has 0 amide bonds. The smallest absolute Gasteiger partial charge is 0.170 e. The van der Waals surface area contributed by atoms with E-state index < -0.39 is 11.9 Å². The highest BCUT2D eigenvalue weighted by Crippen LogP contribution is 2.32. The molecule has 0 spiro atoms. The molecule has 1 aromatic rings. The zero-order valence-electron chi connectivity index (χ0n) is 11.6. The molecule has 2 fully saturated rings. The first kappa shape index (κ1) is 13.8. The molecule has 0 bridgehead atoms. The quantitative estimate of drug-likeness (QED) is 0.916. The molecule has 0 aromatic heterocycles. The van der Waals surface area contributed by atoms with Crippen molar-refractivity contribution in [1.29, 1.82) is 0 Å². The summed E-state index contributed by atoms with van der Waals surface area (Å²) in [6, 6.07) is 5.28. The van der Waals surface area contributed by atoms with Gasteiger partial charge < -0.3 is 14.6 Å². The summed E-state index contributed by atoms with van der Waals surface area (Å²) < 4.78 is 24.9. The molecule has 2 saturated heterocycles. The van der Waals surface area contributed by atoms with Gasteiger partial charge in [-0.05, 0) is 25.5 Å². The van der Waals surface area contributed by atoms with Crippen molar-refractivity contribution in [3.8, 4) is 5.75 Å². The van der Waals surface area contributed by atoms with Crippen molar-refractivity contribution >= 4 is 0 Å². The molecule has 4 nitrogen and oxygen atoms in total. The van der Waals surface area contributed by atoms with E-state index in [-0.39, 0.29) is 17.4 Å². The number of nitrogens with zero attached hydrogens (tertiary/aromatic N) is 1.